The van der Waals surface area contributed by atoms with Crippen LogP contribution in [0.4, 0.5) is 25.1 Å². The zero-order chi connectivity index (χ0) is 33.2. The highest BCUT2D eigenvalue weighted by Crippen LogP contribution is 2.39. The summed E-state index contributed by atoms with van der Waals surface area (Å²) in [5.74, 6) is -2.11. The van der Waals surface area contributed by atoms with Crippen LogP contribution in [0, 0.1) is 18.6 Å². The van der Waals surface area contributed by atoms with Gasteiger partial charge in [-0.15, -0.1) is 0 Å². The van der Waals surface area contributed by atoms with E-state index in [4.69, 9.17) is 4.74 Å². The molecule has 1 aromatic carbocycles. The minimum atomic E-state index is -0.923. The number of rotatable bonds is 6. The summed E-state index contributed by atoms with van der Waals surface area (Å²) < 4.78 is 36.6. The van der Waals surface area contributed by atoms with Gasteiger partial charge in [0.25, 0.3) is 0 Å². The number of hydrogen-bond donors (Lipinski definition) is 1. The Bertz CT molecular complexity index is 1600. The lowest BCUT2D eigenvalue weighted by Gasteiger charge is -2.42. The number of pyridine rings is 2. The number of hydrogen-bond acceptors (Lipinski definition) is 7. The average molecular weight is 623 g/mol. The van der Waals surface area contributed by atoms with E-state index in [1.54, 1.807) is 45.0 Å². The highest BCUT2D eigenvalue weighted by Gasteiger charge is 2.35. The molecule has 1 fully saturated rings. The number of aromatic hydroxyl groups is 1. The molecule has 12 heteroatoms. The van der Waals surface area contributed by atoms with Crippen molar-refractivity contribution in [2.45, 2.75) is 66.0 Å². The van der Waals surface area contributed by atoms with Crippen molar-refractivity contribution in [2.75, 3.05) is 31.6 Å². The Morgan fingerprint density at radius 2 is 1.91 bits per heavy atom. The predicted molar refractivity (Wildman–Crippen MR) is 169 cm³/mol. The molecule has 0 saturated carbocycles. The maximum atomic E-state index is 16.0. The number of anilines is 2. The Hall–Kier alpha value is -4.61. The number of phenols is 1. The molecule has 2 amide bonds. The van der Waals surface area contributed by atoms with Crippen molar-refractivity contribution in [2.24, 2.45) is 4.99 Å². The molecule has 0 radical (unpaired) electrons. The van der Waals surface area contributed by atoms with Gasteiger partial charge in [0, 0.05) is 38.9 Å². The number of nitrogens with zero attached hydrogens (tertiary/aromatic N) is 6. The second-order valence-corrected chi connectivity index (χ2v) is 12.3. The van der Waals surface area contributed by atoms with Crippen LogP contribution in [0.3, 0.4) is 0 Å². The van der Waals surface area contributed by atoms with Crippen LogP contribution in [0.15, 0.2) is 41.5 Å². The monoisotopic (exact) mass is 622 g/mol. The number of amides is 2. The van der Waals surface area contributed by atoms with Crippen molar-refractivity contribution in [3.8, 4) is 17.0 Å². The van der Waals surface area contributed by atoms with E-state index < -0.39 is 40.3 Å². The van der Waals surface area contributed by atoms with Gasteiger partial charge in [0.2, 0.25) is 6.41 Å². The number of aromatic nitrogens is 2. The first-order chi connectivity index (χ1) is 21.2. The molecule has 0 spiro atoms. The van der Waals surface area contributed by atoms with Crippen LogP contribution in [0.25, 0.3) is 11.3 Å². The summed E-state index contributed by atoms with van der Waals surface area (Å²) in [5.41, 5.74) is 0.364. The number of phenolic OH excluding ortho intramolecular Hbond substituents is 1. The minimum Gasteiger partial charge on any atom is -0.507 e. The third-order valence-corrected chi connectivity index (χ3v) is 7.46. The molecule has 1 unspecified atom stereocenters. The highest BCUT2D eigenvalue weighted by molar-refractivity contribution is 6.07. The molecule has 240 valence electrons. The molecule has 4 rings (SSSR count). The van der Waals surface area contributed by atoms with Crippen molar-refractivity contribution in [3.05, 3.63) is 65.0 Å². The number of aliphatic imine (C=N–C) groups is 1. The van der Waals surface area contributed by atoms with Gasteiger partial charge < -0.3 is 19.6 Å². The fraction of sp³-hybridized carbons (Fsp3) is 0.424. The first-order valence-corrected chi connectivity index (χ1v) is 14.8. The zero-order valence-electron chi connectivity index (χ0n) is 26.9. The second-order valence-electron chi connectivity index (χ2n) is 12.3. The van der Waals surface area contributed by atoms with Crippen LogP contribution in [-0.2, 0) is 9.53 Å². The fourth-order valence-electron chi connectivity index (χ4n) is 5.43. The molecule has 1 N–H and O–H groups in total. The van der Waals surface area contributed by atoms with Gasteiger partial charge in [-0.2, -0.15) is 0 Å². The molecule has 3 aromatic rings. The van der Waals surface area contributed by atoms with Crippen molar-refractivity contribution in [1.82, 2.24) is 19.8 Å². The number of carbonyl (C=O) groups is 2. The van der Waals surface area contributed by atoms with E-state index in [-0.39, 0.29) is 23.3 Å². The summed E-state index contributed by atoms with van der Waals surface area (Å²) in [5, 5.41) is 10.5. The topological polar surface area (TPSA) is 111 Å². The van der Waals surface area contributed by atoms with E-state index in [1.165, 1.54) is 17.0 Å². The van der Waals surface area contributed by atoms with Crippen LogP contribution in [0.1, 0.15) is 64.3 Å². The van der Waals surface area contributed by atoms with Crippen LogP contribution in [0.5, 0.6) is 5.75 Å². The molecule has 0 bridgehead atoms. The van der Waals surface area contributed by atoms with Crippen LogP contribution in [0.2, 0.25) is 0 Å². The van der Waals surface area contributed by atoms with Gasteiger partial charge in [-0.1, -0.05) is 19.9 Å². The lowest BCUT2D eigenvalue weighted by atomic mass is 10.0. The predicted octanol–water partition coefficient (Wildman–Crippen LogP) is 6.17. The normalized spacial score (nSPS) is 15.8. The van der Waals surface area contributed by atoms with Gasteiger partial charge in [-0.25, -0.2) is 18.6 Å². The molecule has 1 aliphatic rings. The SMILES string of the molecule is C/N=C(\c1cc(F)c(-c2c(O)cccc2F)nc1N(C=O)c1c(C)ccnc1C(C)C)N1CCN(C(=O)OC(C)(C)C)CC1C. The first kappa shape index (κ1) is 33.3. The number of ether oxygens (including phenoxy) is 1. The van der Waals surface area contributed by atoms with Gasteiger partial charge in [-0.05, 0) is 70.4 Å². The summed E-state index contributed by atoms with van der Waals surface area (Å²) in [6.45, 7) is 13.9. The largest absolute Gasteiger partial charge is 0.507 e. The van der Waals surface area contributed by atoms with Gasteiger partial charge in [0.05, 0.1) is 22.5 Å². The number of halogens is 2. The second kappa shape index (κ2) is 13.2. The lowest BCUT2D eigenvalue weighted by Crippen LogP contribution is -2.56. The summed E-state index contributed by atoms with van der Waals surface area (Å²) in [7, 11) is 1.54. The smallest absolute Gasteiger partial charge is 0.410 e. The van der Waals surface area contributed by atoms with Crippen molar-refractivity contribution in [1.29, 1.82) is 0 Å². The molecule has 3 heterocycles. The van der Waals surface area contributed by atoms with Crippen molar-refractivity contribution >= 4 is 29.8 Å². The van der Waals surface area contributed by atoms with Gasteiger partial charge in [0.15, 0.2) is 11.6 Å². The Kier molecular flexibility index (Phi) is 9.74. The molecule has 1 saturated heterocycles. The van der Waals surface area contributed by atoms with Crippen LogP contribution in [-0.4, -0.2) is 81.5 Å². The summed E-state index contributed by atoms with van der Waals surface area (Å²) in [4.78, 5) is 44.1. The minimum absolute atomic E-state index is 0.0237. The van der Waals surface area contributed by atoms with Crippen LogP contribution < -0.4 is 4.90 Å². The zero-order valence-corrected chi connectivity index (χ0v) is 26.9. The van der Waals surface area contributed by atoms with E-state index in [0.29, 0.717) is 48.8 Å². The maximum absolute atomic E-state index is 16.0. The molecular formula is C33H40F2N6O4. The Labute approximate surface area is 262 Å². The fourth-order valence-corrected chi connectivity index (χ4v) is 5.43. The summed E-state index contributed by atoms with van der Waals surface area (Å²) >= 11 is 0. The maximum Gasteiger partial charge on any atom is 0.410 e. The molecule has 1 aliphatic heterocycles. The van der Waals surface area contributed by atoms with E-state index in [0.717, 1.165) is 12.1 Å². The lowest BCUT2D eigenvalue weighted by molar-refractivity contribution is -0.106. The number of aryl methyl sites for hydroxylation is 1. The Morgan fingerprint density at radius 3 is 2.49 bits per heavy atom. The molecule has 2 aromatic heterocycles. The van der Waals surface area contributed by atoms with Gasteiger partial charge in [0.1, 0.15) is 28.7 Å². The van der Waals surface area contributed by atoms with Crippen LogP contribution >= 0.6 is 0 Å². The number of benzene rings is 1. The number of carbonyl (C=O) groups excluding carboxylic acids is 2. The summed E-state index contributed by atoms with van der Waals surface area (Å²) in [6.07, 6.45) is 1.76. The molecule has 45 heavy (non-hydrogen) atoms. The van der Waals surface area contributed by atoms with E-state index in [9.17, 15) is 14.7 Å². The van der Waals surface area contributed by atoms with Gasteiger partial charge in [-0.3, -0.25) is 19.7 Å². The number of piperazine rings is 1. The standard InChI is InChI=1S/C33H40F2N6O4/c1-19(2)27-29(20(3)12-13-37-27)41(18-42)31-22(16-24(35)28(38-31)26-23(34)10-9-11-25(26)43)30(36-8)40-15-14-39(17-21(40)4)32(44)45-33(5,6)7/h9-13,16,18-19,21,43H,14-15,17H2,1-8H3/b36-30+. The molecular weight excluding hydrogens is 582 g/mol. The van der Waals surface area contributed by atoms with Gasteiger partial charge >= 0.3 is 6.09 Å². The molecule has 0 aliphatic carbocycles. The quantitative estimate of drug-likeness (QED) is 0.199. The Morgan fingerprint density at radius 1 is 1.20 bits per heavy atom. The first-order valence-electron chi connectivity index (χ1n) is 14.8. The van der Waals surface area contributed by atoms with E-state index in [2.05, 4.69) is 15.0 Å². The highest BCUT2D eigenvalue weighted by atomic mass is 19.1. The van der Waals surface area contributed by atoms with Crippen molar-refractivity contribution < 1.29 is 28.2 Å². The third kappa shape index (κ3) is 6.89. The molecule has 10 nitrogen and oxygen atoms in total. The molecule has 1 atom stereocenters. The average Bonchev–Trinajstić information content (AvgIpc) is 2.95. The van der Waals surface area contributed by atoms with Crippen molar-refractivity contribution in [3.63, 3.8) is 0 Å². The number of amidine groups is 1. The third-order valence-electron chi connectivity index (χ3n) is 7.46. The summed E-state index contributed by atoms with van der Waals surface area (Å²) in [6, 6.07) is 6.24. The van der Waals surface area contributed by atoms with E-state index in [1.807, 2.05) is 32.6 Å². The Balaban J connectivity index is 1.90. The van der Waals surface area contributed by atoms with E-state index >= 15 is 8.78 Å².